The van der Waals surface area contributed by atoms with E-state index in [4.69, 9.17) is 9.52 Å². The summed E-state index contributed by atoms with van der Waals surface area (Å²) in [6, 6.07) is 6.79. The minimum absolute atomic E-state index is 0.0816. The van der Waals surface area contributed by atoms with Gasteiger partial charge in [0.1, 0.15) is 0 Å². The first-order chi connectivity index (χ1) is 11.0. The summed E-state index contributed by atoms with van der Waals surface area (Å²) in [5, 5.41) is 19.6. The van der Waals surface area contributed by atoms with E-state index in [1.54, 1.807) is 31.2 Å². The second kappa shape index (κ2) is 6.20. The van der Waals surface area contributed by atoms with Gasteiger partial charge >= 0.3 is 5.97 Å². The fraction of sp³-hybridized carbons (Fsp3) is 0.375. The van der Waals surface area contributed by atoms with Crippen LogP contribution in [0.25, 0.3) is 11.5 Å². The van der Waals surface area contributed by atoms with Crippen molar-refractivity contribution in [3.8, 4) is 11.5 Å². The quantitative estimate of drug-likeness (QED) is 0.894. The van der Waals surface area contributed by atoms with Gasteiger partial charge in [-0.05, 0) is 43.5 Å². The van der Waals surface area contributed by atoms with Gasteiger partial charge in [-0.2, -0.15) is 0 Å². The maximum absolute atomic E-state index is 12.2. The molecule has 2 aromatic rings. The number of benzene rings is 1. The van der Waals surface area contributed by atoms with Crippen molar-refractivity contribution in [2.24, 2.45) is 5.92 Å². The average Bonchev–Trinajstić information content (AvgIpc) is 3.16. The summed E-state index contributed by atoms with van der Waals surface area (Å²) < 4.78 is 5.33. The highest BCUT2D eigenvalue weighted by molar-refractivity contribution is 5.94. The normalized spacial score (nSPS) is 20.4. The first-order valence-electron chi connectivity index (χ1n) is 7.47. The number of aromatic nitrogens is 2. The van der Waals surface area contributed by atoms with Crippen LogP contribution in [0, 0.1) is 12.8 Å². The molecule has 0 aliphatic heterocycles. The van der Waals surface area contributed by atoms with E-state index in [-0.39, 0.29) is 17.9 Å². The van der Waals surface area contributed by atoms with E-state index in [1.807, 2.05) is 0 Å². The van der Waals surface area contributed by atoms with Crippen LogP contribution in [0.4, 0.5) is 0 Å². The van der Waals surface area contributed by atoms with Gasteiger partial charge in [0.25, 0.3) is 5.91 Å². The molecule has 3 rings (SSSR count). The van der Waals surface area contributed by atoms with Crippen molar-refractivity contribution in [1.29, 1.82) is 0 Å². The Labute approximate surface area is 132 Å². The van der Waals surface area contributed by atoms with Crippen molar-refractivity contribution in [3.05, 3.63) is 35.7 Å². The molecule has 1 aromatic heterocycles. The van der Waals surface area contributed by atoms with Crippen LogP contribution in [-0.2, 0) is 4.79 Å². The van der Waals surface area contributed by atoms with Crippen LogP contribution in [0.2, 0.25) is 0 Å². The Balaban J connectivity index is 1.63. The van der Waals surface area contributed by atoms with Crippen LogP contribution in [0.5, 0.6) is 0 Å². The molecule has 0 bridgehead atoms. The zero-order valence-electron chi connectivity index (χ0n) is 12.7. The predicted octanol–water partition coefficient (Wildman–Crippen LogP) is 2.03. The highest BCUT2D eigenvalue weighted by Crippen LogP contribution is 2.26. The Morgan fingerprint density at radius 2 is 1.96 bits per heavy atom. The van der Waals surface area contributed by atoms with Crippen molar-refractivity contribution < 1.29 is 19.1 Å². The monoisotopic (exact) mass is 315 g/mol. The molecule has 23 heavy (non-hydrogen) atoms. The van der Waals surface area contributed by atoms with Crippen molar-refractivity contribution in [3.63, 3.8) is 0 Å². The minimum atomic E-state index is -0.791. The fourth-order valence-electron chi connectivity index (χ4n) is 2.78. The van der Waals surface area contributed by atoms with E-state index in [2.05, 4.69) is 15.5 Å². The average molecular weight is 315 g/mol. The SMILES string of the molecule is Cc1nnc(-c2ccc(C(=O)N[C@@H]3CC[C@H](C(=O)O)C3)cc2)o1. The van der Waals surface area contributed by atoms with E-state index in [9.17, 15) is 9.59 Å². The molecule has 2 atom stereocenters. The first-order valence-corrected chi connectivity index (χ1v) is 7.47. The lowest BCUT2D eigenvalue weighted by Gasteiger charge is -2.12. The molecule has 1 aliphatic carbocycles. The van der Waals surface area contributed by atoms with Crippen LogP contribution in [0.1, 0.15) is 35.5 Å². The predicted molar refractivity (Wildman–Crippen MR) is 80.7 cm³/mol. The van der Waals surface area contributed by atoms with Crippen LogP contribution < -0.4 is 5.32 Å². The molecule has 0 radical (unpaired) electrons. The second-order valence-corrected chi connectivity index (χ2v) is 5.72. The lowest BCUT2D eigenvalue weighted by atomic mass is 10.1. The highest BCUT2D eigenvalue weighted by atomic mass is 16.4. The number of nitrogens with zero attached hydrogens (tertiary/aromatic N) is 2. The zero-order chi connectivity index (χ0) is 16.4. The van der Waals surface area contributed by atoms with Crippen molar-refractivity contribution >= 4 is 11.9 Å². The van der Waals surface area contributed by atoms with Crippen molar-refractivity contribution in [2.75, 3.05) is 0 Å². The molecule has 1 saturated carbocycles. The third-order valence-corrected chi connectivity index (χ3v) is 4.04. The van der Waals surface area contributed by atoms with E-state index in [0.717, 1.165) is 5.56 Å². The summed E-state index contributed by atoms with van der Waals surface area (Å²) in [5.74, 6) is -0.454. The maximum atomic E-state index is 12.2. The van der Waals surface area contributed by atoms with E-state index >= 15 is 0 Å². The molecular weight excluding hydrogens is 298 g/mol. The molecular formula is C16H17N3O4. The lowest BCUT2D eigenvalue weighted by Crippen LogP contribution is -2.33. The smallest absolute Gasteiger partial charge is 0.306 e. The van der Waals surface area contributed by atoms with Crippen LogP contribution in [0.15, 0.2) is 28.7 Å². The topological polar surface area (TPSA) is 105 Å². The molecule has 1 aromatic carbocycles. The Bertz CT molecular complexity index is 723. The van der Waals surface area contributed by atoms with Gasteiger partial charge in [0.15, 0.2) is 0 Å². The molecule has 7 nitrogen and oxygen atoms in total. The molecule has 7 heteroatoms. The third-order valence-electron chi connectivity index (χ3n) is 4.04. The van der Waals surface area contributed by atoms with Gasteiger partial charge in [0.05, 0.1) is 5.92 Å². The van der Waals surface area contributed by atoms with E-state index < -0.39 is 5.97 Å². The number of rotatable bonds is 4. The Morgan fingerprint density at radius 1 is 1.22 bits per heavy atom. The second-order valence-electron chi connectivity index (χ2n) is 5.72. The number of hydrogen-bond acceptors (Lipinski definition) is 5. The summed E-state index contributed by atoms with van der Waals surface area (Å²) in [7, 11) is 0. The standard InChI is InChI=1S/C16H17N3O4/c1-9-18-19-15(23-9)11-4-2-10(3-5-11)14(20)17-13-7-6-12(8-13)16(21)22/h2-5,12-13H,6-8H2,1H3,(H,17,20)(H,21,22)/t12-,13+/m0/s1. The summed E-state index contributed by atoms with van der Waals surface area (Å²) >= 11 is 0. The van der Waals surface area contributed by atoms with Gasteiger partial charge in [0.2, 0.25) is 11.8 Å². The molecule has 1 amide bonds. The number of carboxylic acid groups (broad SMARTS) is 1. The molecule has 0 saturated heterocycles. The minimum Gasteiger partial charge on any atom is -0.481 e. The molecule has 1 fully saturated rings. The summed E-state index contributed by atoms with van der Waals surface area (Å²) in [4.78, 5) is 23.2. The summed E-state index contributed by atoms with van der Waals surface area (Å²) in [6.45, 7) is 1.71. The molecule has 0 spiro atoms. The van der Waals surface area contributed by atoms with Crippen LogP contribution in [0.3, 0.4) is 0 Å². The number of aryl methyl sites for hydroxylation is 1. The van der Waals surface area contributed by atoms with Crippen molar-refractivity contribution in [2.45, 2.75) is 32.2 Å². The number of amides is 1. The maximum Gasteiger partial charge on any atom is 0.306 e. The van der Waals surface area contributed by atoms with Gasteiger partial charge in [-0.25, -0.2) is 0 Å². The number of hydrogen-bond donors (Lipinski definition) is 2. The Hall–Kier alpha value is -2.70. The van der Waals surface area contributed by atoms with Gasteiger partial charge < -0.3 is 14.8 Å². The van der Waals surface area contributed by atoms with Crippen LogP contribution in [-0.4, -0.2) is 33.2 Å². The van der Waals surface area contributed by atoms with E-state index in [1.165, 1.54) is 0 Å². The Morgan fingerprint density at radius 3 is 2.52 bits per heavy atom. The Kier molecular flexibility index (Phi) is 4.10. The summed E-state index contributed by atoms with van der Waals surface area (Å²) in [5.41, 5.74) is 1.26. The highest BCUT2D eigenvalue weighted by Gasteiger charge is 2.30. The number of carboxylic acids is 1. The van der Waals surface area contributed by atoms with Gasteiger partial charge in [-0.3, -0.25) is 9.59 Å². The number of carbonyl (C=O) groups excluding carboxylic acids is 1. The van der Waals surface area contributed by atoms with Gasteiger partial charge in [-0.1, -0.05) is 0 Å². The fourth-order valence-corrected chi connectivity index (χ4v) is 2.78. The molecule has 2 N–H and O–H groups in total. The van der Waals surface area contributed by atoms with E-state index in [0.29, 0.717) is 36.6 Å². The summed E-state index contributed by atoms with van der Waals surface area (Å²) in [6.07, 6.45) is 1.79. The molecule has 1 heterocycles. The largest absolute Gasteiger partial charge is 0.481 e. The molecule has 1 aliphatic rings. The lowest BCUT2D eigenvalue weighted by molar-refractivity contribution is -0.141. The van der Waals surface area contributed by atoms with Crippen LogP contribution >= 0.6 is 0 Å². The van der Waals surface area contributed by atoms with Crippen molar-refractivity contribution in [1.82, 2.24) is 15.5 Å². The third kappa shape index (κ3) is 3.39. The molecule has 120 valence electrons. The number of aliphatic carboxylic acids is 1. The number of nitrogens with one attached hydrogen (secondary N) is 1. The number of carbonyl (C=O) groups is 2. The first kappa shape index (κ1) is 15.2. The van der Waals surface area contributed by atoms with Gasteiger partial charge in [0, 0.05) is 24.1 Å². The van der Waals surface area contributed by atoms with Gasteiger partial charge in [-0.15, -0.1) is 10.2 Å². The molecule has 0 unspecified atom stereocenters. The zero-order valence-corrected chi connectivity index (χ0v) is 12.7.